The molecule has 3 N–H and O–H groups in total. The van der Waals surface area contributed by atoms with E-state index in [2.05, 4.69) is 20.9 Å². The highest BCUT2D eigenvalue weighted by Gasteiger charge is 2.08. The summed E-state index contributed by atoms with van der Waals surface area (Å²) in [4.78, 5) is 16.1. The Labute approximate surface area is 176 Å². The Bertz CT molecular complexity index is 858. The summed E-state index contributed by atoms with van der Waals surface area (Å²) in [6.45, 7) is 5.64. The maximum atomic E-state index is 13.2. The molecule has 0 aromatic heterocycles. The number of rotatable bonds is 10. The number of carbonyl (C=O) groups excluding carboxylic acids is 1. The second-order valence-electron chi connectivity index (χ2n) is 6.31. The summed E-state index contributed by atoms with van der Waals surface area (Å²) >= 11 is 0. The number of carbonyl (C=O) groups is 1. The van der Waals surface area contributed by atoms with Gasteiger partial charge in [0, 0.05) is 19.3 Å². The third kappa shape index (κ3) is 7.62. The summed E-state index contributed by atoms with van der Waals surface area (Å²) in [5.74, 6) is 1.27. The Kier molecular flexibility index (Phi) is 9.44. The summed E-state index contributed by atoms with van der Waals surface area (Å²) in [5, 5.41) is 8.73. The average molecular weight is 416 g/mol. The van der Waals surface area contributed by atoms with Crippen molar-refractivity contribution in [2.75, 3.05) is 38.7 Å². The van der Waals surface area contributed by atoms with Crippen LogP contribution in [0.1, 0.15) is 19.4 Å². The van der Waals surface area contributed by atoms with Gasteiger partial charge in [-0.2, -0.15) is 0 Å². The number of nitrogens with zero attached hydrogens (tertiary/aromatic N) is 1. The molecule has 0 atom stereocenters. The highest BCUT2D eigenvalue weighted by Crippen LogP contribution is 2.28. The minimum atomic E-state index is -0.403. The van der Waals surface area contributed by atoms with Crippen molar-refractivity contribution in [3.8, 4) is 11.5 Å². The van der Waals surface area contributed by atoms with Crippen LogP contribution >= 0.6 is 0 Å². The monoisotopic (exact) mass is 416 g/mol. The molecule has 2 aromatic carbocycles. The number of ether oxygens (including phenoxy) is 2. The number of nitrogens with one attached hydrogen (secondary N) is 3. The Morgan fingerprint density at radius 2 is 1.80 bits per heavy atom. The molecule has 0 fully saturated rings. The van der Waals surface area contributed by atoms with E-state index in [1.165, 1.54) is 18.2 Å². The number of amides is 1. The molecular formula is C22H29FN4O3. The first-order valence-electron chi connectivity index (χ1n) is 9.94. The number of hydrogen-bond donors (Lipinski definition) is 3. The minimum absolute atomic E-state index is 0.00767. The number of benzene rings is 2. The SMILES string of the molecule is CCOc1ccc(CCNC(=NC)NCC(=O)Nc2cccc(F)c2)cc1OCC. The van der Waals surface area contributed by atoms with Crippen LogP contribution in [0.15, 0.2) is 47.5 Å². The van der Waals surface area contributed by atoms with Crippen molar-refractivity contribution in [1.82, 2.24) is 10.6 Å². The molecule has 1 amide bonds. The van der Waals surface area contributed by atoms with E-state index in [4.69, 9.17) is 9.47 Å². The topological polar surface area (TPSA) is 84.0 Å². The molecule has 30 heavy (non-hydrogen) atoms. The number of aliphatic imine (C=N–C) groups is 1. The van der Waals surface area contributed by atoms with Gasteiger partial charge in [0.1, 0.15) is 5.82 Å². The molecule has 0 spiro atoms. The van der Waals surface area contributed by atoms with Crippen molar-refractivity contribution in [2.24, 2.45) is 4.99 Å². The Morgan fingerprint density at radius 1 is 1.03 bits per heavy atom. The second kappa shape index (κ2) is 12.3. The first-order chi connectivity index (χ1) is 14.5. The van der Waals surface area contributed by atoms with Crippen molar-refractivity contribution in [3.63, 3.8) is 0 Å². The molecule has 0 aliphatic carbocycles. The fourth-order valence-corrected chi connectivity index (χ4v) is 2.73. The van der Waals surface area contributed by atoms with Crippen molar-refractivity contribution in [2.45, 2.75) is 20.3 Å². The predicted octanol–water partition coefficient (Wildman–Crippen LogP) is 2.97. The molecule has 2 rings (SSSR count). The zero-order chi connectivity index (χ0) is 21.8. The van der Waals surface area contributed by atoms with Crippen LogP contribution in [0.5, 0.6) is 11.5 Å². The maximum absolute atomic E-state index is 13.2. The van der Waals surface area contributed by atoms with Gasteiger partial charge in [-0.3, -0.25) is 9.79 Å². The molecule has 0 radical (unpaired) electrons. The van der Waals surface area contributed by atoms with E-state index in [0.717, 1.165) is 23.5 Å². The molecule has 8 heteroatoms. The maximum Gasteiger partial charge on any atom is 0.243 e. The fraction of sp³-hybridized carbons (Fsp3) is 0.364. The molecule has 7 nitrogen and oxygen atoms in total. The van der Waals surface area contributed by atoms with Gasteiger partial charge in [-0.05, 0) is 56.2 Å². The van der Waals surface area contributed by atoms with Gasteiger partial charge in [0.25, 0.3) is 0 Å². The zero-order valence-corrected chi connectivity index (χ0v) is 17.6. The van der Waals surface area contributed by atoms with E-state index in [1.54, 1.807) is 13.1 Å². The number of guanidine groups is 1. The van der Waals surface area contributed by atoms with E-state index in [-0.39, 0.29) is 12.5 Å². The van der Waals surface area contributed by atoms with Gasteiger partial charge in [-0.1, -0.05) is 12.1 Å². The number of anilines is 1. The van der Waals surface area contributed by atoms with Gasteiger partial charge in [0.2, 0.25) is 5.91 Å². The summed E-state index contributed by atoms with van der Waals surface area (Å²) in [7, 11) is 1.63. The fourth-order valence-electron chi connectivity index (χ4n) is 2.73. The Hall–Kier alpha value is -3.29. The molecule has 0 bridgehead atoms. The first-order valence-corrected chi connectivity index (χ1v) is 9.94. The second-order valence-corrected chi connectivity index (χ2v) is 6.31. The van der Waals surface area contributed by atoms with Crippen LogP contribution in [-0.4, -0.2) is 45.2 Å². The van der Waals surface area contributed by atoms with Crippen LogP contribution in [0.25, 0.3) is 0 Å². The van der Waals surface area contributed by atoms with Gasteiger partial charge in [0.05, 0.1) is 19.8 Å². The Balaban J connectivity index is 1.80. The standard InChI is InChI=1S/C22H29FN4O3/c1-4-29-19-10-9-16(13-20(19)30-5-2)11-12-25-22(24-3)26-15-21(28)27-18-8-6-7-17(23)14-18/h6-10,13-14H,4-5,11-12,15H2,1-3H3,(H,27,28)(H2,24,25,26). The highest BCUT2D eigenvalue weighted by atomic mass is 19.1. The molecule has 0 saturated carbocycles. The van der Waals surface area contributed by atoms with Crippen LogP contribution < -0.4 is 25.4 Å². The lowest BCUT2D eigenvalue weighted by atomic mass is 10.1. The summed E-state index contributed by atoms with van der Waals surface area (Å²) in [6.07, 6.45) is 0.739. The normalized spacial score (nSPS) is 11.0. The molecule has 0 unspecified atom stereocenters. The lowest BCUT2D eigenvalue weighted by Gasteiger charge is -2.14. The number of halogens is 1. The van der Waals surface area contributed by atoms with Crippen molar-refractivity contribution >= 4 is 17.6 Å². The molecule has 162 valence electrons. The minimum Gasteiger partial charge on any atom is -0.490 e. The largest absolute Gasteiger partial charge is 0.490 e. The third-order valence-corrected chi connectivity index (χ3v) is 4.06. The summed E-state index contributed by atoms with van der Waals surface area (Å²) < 4.78 is 24.4. The van der Waals surface area contributed by atoms with Crippen molar-refractivity contribution in [1.29, 1.82) is 0 Å². The van der Waals surface area contributed by atoms with Gasteiger partial charge in [0.15, 0.2) is 17.5 Å². The molecule has 0 aliphatic rings. The van der Waals surface area contributed by atoms with Gasteiger partial charge in [-0.15, -0.1) is 0 Å². The average Bonchev–Trinajstić information content (AvgIpc) is 2.72. The predicted molar refractivity (Wildman–Crippen MR) is 117 cm³/mol. The number of hydrogen-bond acceptors (Lipinski definition) is 4. The molecule has 0 saturated heterocycles. The van der Waals surface area contributed by atoms with Crippen molar-refractivity contribution in [3.05, 3.63) is 53.8 Å². The third-order valence-electron chi connectivity index (χ3n) is 4.06. The molecule has 0 aliphatic heterocycles. The van der Waals surface area contributed by atoms with Crippen molar-refractivity contribution < 1.29 is 18.7 Å². The van der Waals surface area contributed by atoms with Crippen LogP contribution in [0.4, 0.5) is 10.1 Å². The van der Waals surface area contributed by atoms with E-state index < -0.39 is 5.82 Å². The summed E-state index contributed by atoms with van der Waals surface area (Å²) in [5.41, 5.74) is 1.50. The van der Waals surface area contributed by atoms with Crippen LogP contribution in [-0.2, 0) is 11.2 Å². The van der Waals surface area contributed by atoms with E-state index in [9.17, 15) is 9.18 Å². The molecular weight excluding hydrogens is 387 g/mol. The van der Waals surface area contributed by atoms with E-state index in [0.29, 0.717) is 31.4 Å². The van der Waals surface area contributed by atoms with Gasteiger partial charge in [-0.25, -0.2) is 4.39 Å². The lowest BCUT2D eigenvalue weighted by molar-refractivity contribution is -0.115. The highest BCUT2D eigenvalue weighted by molar-refractivity contribution is 5.94. The quantitative estimate of drug-likeness (QED) is 0.410. The Morgan fingerprint density at radius 3 is 2.50 bits per heavy atom. The summed E-state index contributed by atoms with van der Waals surface area (Å²) in [6, 6.07) is 11.6. The zero-order valence-electron chi connectivity index (χ0n) is 17.6. The smallest absolute Gasteiger partial charge is 0.243 e. The molecule has 2 aromatic rings. The van der Waals surface area contributed by atoms with Crippen LogP contribution in [0.3, 0.4) is 0 Å². The van der Waals surface area contributed by atoms with Crippen LogP contribution in [0, 0.1) is 5.82 Å². The molecule has 0 heterocycles. The van der Waals surface area contributed by atoms with E-state index in [1.807, 2.05) is 32.0 Å². The lowest BCUT2D eigenvalue weighted by Crippen LogP contribution is -2.42. The van der Waals surface area contributed by atoms with E-state index >= 15 is 0 Å². The first kappa shape index (κ1) is 23.0. The van der Waals surface area contributed by atoms with Gasteiger partial charge < -0.3 is 25.4 Å². The van der Waals surface area contributed by atoms with Gasteiger partial charge >= 0.3 is 0 Å². The van der Waals surface area contributed by atoms with Crippen LogP contribution in [0.2, 0.25) is 0 Å².